The summed E-state index contributed by atoms with van der Waals surface area (Å²) in [5, 5.41) is 12.0. The van der Waals surface area contributed by atoms with E-state index in [0.717, 1.165) is 31.7 Å². The van der Waals surface area contributed by atoms with Crippen LogP contribution in [0.25, 0.3) is 0 Å². The van der Waals surface area contributed by atoms with Crippen LogP contribution in [0.15, 0.2) is 11.4 Å². The molecule has 0 saturated heterocycles. The summed E-state index contributed by atoms with van der Waals surface area (Å²) in [7, 11) is 1.82. The molecule has 0 radical (unpaired) electrons. The summed E-state index contributed by atoms with van der Waals surface area (Å²) < 4.78 is 4.21. The molecular formula is C9H16N4S2. The minimum Gasteiger partial charge on any atom is -0.366 e. The van der Waals surface area contributed by atoms with Crippen molar-refractivity contribution in [3.05, 3.63) is 17.1 Å². The molecule has 0 amide bonds. The number of aromatic nitrogens is 1. The Bertz CT molecular complexity index is 274. The molecule has 0 aliphatic rings. The van der Waals surface area contributed by atoms with E-state index >= 15 is 0 Å². The van der Waals surface area contributed by atoms with Gasteiger partial charge in [-0.15, -0.1) is 0 Å². The van der Waals surface area contributed by atoms with E-state index in [1.807, 2.05) is 18.5 Å². The van der Waals surface area contributed by atoms with Gasteiger partial charge in [-0.1, -0.05) is 0 Å². The summed E-state index contributed by atoms with van der Waals surface area (Å²) in [6, 6.07) is 2.03. The van der Waals surface area contributed by atoms with Crippen molar-refractivity contribution in [3.8, 4) is 0 Å². The topological polar surface area (TPSA) is 49.0 Å². The average molecular weight is 244 g/mol. The molecule has 3 N–H and O–H groups in total. The normalized spacial score (nSPS) is 9.93. The highest BCUT2D eigenvalue weighted by Crippen LogP contribution is 1.98. The average Bonchev–Trinajstić information content (AvgIpc) is 2.75. The number of thiocarbonyl (C=S) groups is 1. The van der Waals surface area contributed by atoms with Crippen LogP contribution in [0.4, 0.5) is 0 Å². The van der Waals surface area contributed by atoms with Crippen LogP contribution >= 0.6 is 23.8 Å². The fraction of sp³-hybridized carbons (Fsp3) is 0.556. The number of hydrogen-bond acceptors (Lipinski definition) is 4. The Morgan fingerprint density at radius 1 is 1.53 bits per heavy atom. The van der Waals surface area contributed by atoms with Gasteiger partial charge >= 0.3 is 0 Å². The van der Waals surface area contributed by atoms with Gasteiger partial charge in [0.2, 0.25) is 0 Å². The van der Waals surface area contributed by atoms with Gasteiger partial charge in [0.05, 0.1) is 5.69 Å². The smallest absolute Gasteiger partial charge is 0.166 e. The van der Waals surface area contributed by atoms with Crippen LogP contribution in [0.1, 0.15) is 12.1 Å². The van der Waals surface area contributed by atoms with Gasteiger partial charge in [0.25, 0.3) is 0 Å². The van der Waals surface area contributed by atoms with Crippen molar-refractivity contribution < 1.29 is 0 Å². The predicted octanol–water partition coefficient (Wildman–Crippen LogP) is 0.717. The van der Waals surface area contributed by atoms with Crippen LogP contribution in [0.2, 0.25) is 0 Å². The molecule has 1 aromatic heterocycles. The number of rotatable bonds is 6. The third kappa shape index (κ3) is 5.66. The zero-order valence-electron chi connectivity index (χ0n) is 8.75. The second-order valence-corrected chi connectivity index (χ2v) is 4.10. The van der Waals surface area contributed by atoms with Gasteiger partial charge < -0.3 is 16.0 Å². The Morgan fingerprint density at radius 3 is 3.07 bits per heavy atom. The lowest BCUT2D eigenvalue weighted by atomic mass is 10.4. The van der Waals surface area contributed by atoms with E-state index in [-0.39, 0.29) is 0 Å². The van der Waals surface area contributed by atoms with Crippen LogP contribution in [0, 0.1) is 0 Å². The summed E-state index contributed by atoms with van der Waals surface area (Å²) in [4.78, 5) is 0. The van der Waals surface area contributed by atoms with Crippen molar-refractivity contribution >= 4 is 28.9 Å². The molecule has 1 heterocycles. The van der Waals surface area contributed by atoms with Crippen LogP contribution in [0.5, 0.6) is 0 Å². The minimum atomic E-state index is 0.703. The van der Waals surface area contributed by atoms with Crippen molar-refractivity contribution in [2.75, 3.05) is 20.1 Å². The van der Waals surface area contributed by atoms with Crippen LogP contribution < -0.4 is 16.0 Å². The summed E-state index contributed by atoms with van der Waals surface area (Å²) in [6.45, 7) is 2.71. The van der Waals surface area contributed by atoms with E-state index in [1.54, 1.807) is 0 Å². The maximum Gasteiger partial charge on any atom is 0.166 e. The molecule has 0 aliphatic heterocycles. The SMILES string of the molecule is CNC(=S)NCCCNCc1ccsn1. The molecule has 0 fully saturated rings. The van der Waals surface area contributed by atoms with Crippen LogP contribution in [-0.2, 0) is 6.54 Å². The summed E-state index contributed by atoms with van der Waals surface area (Å²) >= 11 is 6.43. The third-order valence-electron chi connectivity index (χ3n) is 1.84. The molecular weight excluding hydrogens is 228 g/mol. The maximum atomic E-state index is 4.95. The standard InChI is InChI=1S/C9H16N4S2/c1-10-9(14)12-5-2-4-11-7-8-3-6-15-13-8/h3,6,11H,2,4-5,7H2,1H3,(H2,10,12,14). The van der Waals surface area contributed by atoms with Crippen molar-refractivity contribution in [3.63, 3.8) is 0 Å². The minimum absolute atomic E-state index is 0.703. The van der Waals surface area contributed by atoms with Crippen molar-refractivity contribution in [2.24, 2.45) is 0 Å². The Balaban J connectivity index is 1.91. The zero-order chi connectivity index (χ0) is 10.9. The summed E-state index contributed by atoms with van der Waals surface area (Å²) in [5.74, 6) is 0. The molecule has 0 bridgehead atoms. The van der Waals surface area contributed by atoms with Gasteiger partial charge in [-0.05, 0) is 42.8 Å². The lowest BCUT2D eigenvalue weighted by Crippen LogP contribution is -2.34. The zero-order valence-corrected chi connectivity index (χ0v) is 10.4. The lowest BCUT2D eigenvalue weighted by molar-refractivity contribution is 0.634. The largest absolute Gasteiger partial charge is 0.366 e. The molecule has 84 valence electrons. The number of hydrogen-bond donors (Lipinski definition) is 3. The third-order valence-corrected chi connectivity index (χ3v) is 2.79. The summed E-state index contributed by atoms with van der Waals surface area (Å²) in [5.41, 5.74) is 1.11. The first-order valence-corrected chi connectivity index (χ1v) is 6.13. The van der Waals surface area contributed by atoms with Crippen LogP contribution in [-0.4, -0.2) is 29.6 Å². The Labute approximate surface area is 99.6 Å². The molecule has 1 aromatic rings. The molecule has 0 unspecified atom stereocenters. The van der Waals surface area contributed by atoms with E-state index in [9.17, 15) is 0 Å². The van der Waals surface area contributed by atoms with Gasteiger partial charge in [-0.25, -0.2) is 0 Å². The first-order chi connectivity index (χ1) is 7.33. The van der Waals surface area contributed by atoms with Gasteiger partial charge in [0.1, 0.15) is 0 Å². The Hall–Kier alpha value is -0.720. The molecule has 15 heavy (non-hydrogen) atoms. The maximum absolute atomic E-state index is 4.95. The lowest BCUT2D eigenvalue weighted by Gasteiger charge is -2.06. The highest BCUT2D eigenvalue weighted by atomic mass is 32.1. The fourth-order valence-electron chi connectivity index (χ4n) is 1.05. The summed E-state index contributed by atoms with van der Waals surface area (Å²) in [6.07, 6.45) is 1.05. The Morgan fingerprint density at radius 2 is 2.40 bits per heavy atom. The first-order valence-electron chi connectivity index (χ1n) is 4.88. The van der Waals surface area contributed by atoms with Crippen molar-refractivity contribution in [2.45, 2.75) is 13.0 Å². The molecule has 1 rings (SSSR count). The van der Waals surface area contributed by atoms with Gasteiger partial charge in [-0.3, -0.25) is 0 Å². The molecule has 6 heteroatoms. The monoisotopic (exact) mass is 244 g/mol. The Kier molecular flexibility index (Phi) is 6.22. The molecule has 0 atom stereocenters. The quantitative estimate of drug-likeness (QED) is 0.508. The number of nitrogens with one attached hydrogen (secondary N) is 3. The van der Waals surface area contributed by atoms with Crippen molar-refractivity contribution in [1.82, 2.24) is 20.3 Å². The number of nitrogens with zero attached hydrogens (tertiary/aromatic N) is 1. The predicted molar refractivity (Wildman–Crippen MR) is 68.1 cm³/mol. The molecule has 0 spiro atoms. The second kappa shape index (κ2) is 7.56. The molecule has 0 saturated carbocycles. The first kappa shape index (κ1) is 12.4. The molecule has 4 nitrogen and oxygen atoms in total. The molecule has 0 aromatic carbocycles. The van der Waals surface area contributed by atoms with E-state index in [2.05, 4.69) is 20.3 Å². The van der Waals surface area contributed by atoms with E-state index < -0.39 is 0 Å². The highest BCUT2D eigenvalue weighted by Gasteiger charge is 1.94. The van der Waals surface area contributed by atoms with Crippen LogP contribution in [0.3, 0.4) is 0 Å². The van der Waals surface area contributed by atoms with E-state index in [4.69, 9.17) is 12.2 Å². The van der Waals surface area contributed by atoms with Gasteiger partial charge in [0.15, 0.2) is 5.11 Å². The fourth-order valence-corrected chi connectivity index (χ4v) is 1.69. The van der Waals surface area contributed by atoms with E-state index in [0.29, 0.717) is 5.11 Å². The molecule has 0 aliphatic carbocycles. The van der Waals surface area contributed by atoms with Gasteiger partial charge in [0, 0.05) is 25.5 Å². The van der Waals surface area contributed by atoms with Crippen molar-refractivity contribution in [1.29, 1.82) is 0 Å². The second-order valence-electron chi connectivity index (χ2n) is 3.03. The highest BCUT2D eigenvalue weighted by molar-refractivity contribution is 7.80. The van der Waals surface area contributed by atoms with E-state index in [1.165, 1.54) is 11.5 Å². The van der Waals surface area contributed by atoms with Gasteiger partial charge in [-0.2, -0.15) is 4.37 Å².